The summed E-state index contributed by atoms with van der Waals surface area (Å²) in [5, 5.41) is 9.27. The first kappa shape index (κ1) is 14.1. The van der Waals surface area contributed by atoms with Crippen molar-refractivity contribution in [1.82, 2.24) is 0 Å². The lowest BCUT2D eigenvalue weighted by Crippen LogP contribution is -2.25. The van der Waals surface area contributed by atoms with E-state index in [4.69, 9.17) is 14.2 Å². The van der Waals surface area contributed by atoms with E-state index in [0.717, 1.165) is 0 Å². The first-order valence-electron chi connectivity index (χ1n) is 4.35. The van der Waals surface area contributed by atoms with Gasteiger partial charge in [-0.1, -0.05) is 15.9 Å². The number of ether oxygens (including phenoxy) is 3. The van der Waals surface area contributed by atoms with E-state index in [-0.39, 0.29) is 12.9 Å². The summed E-state index contributed by atoms with van der Waals surface area (Å²) in [7, 11) is 1.61. The third kappa shape index (κ3) is 7.46. The molecular weight excluding hydrogens is 252 g/mol. The smallest absolute Gasteiger partial charge is 0.147 e. The highest BCUT2D eigenvalue weighted by molar-refractivity contribution is 9.11. The molecule has 0 aliphatic carbocycles. The number of hydrogen-bond donors (Lipinski definition) is 1. The average molecular weight is 269 g/mol. The predicted octanol–water partition coefficient (Wildman–Crippen LogP) is 1.28. The summed E-state index contributed by atoms with van der Waals surface area (Å²) in [6, 6.07) is 0. The van der Waals surface area contributed by atoms with Crippen molar-refractivity contribution in [3.63, 3.8) is 0 Å². The highest BCUT2D eigenvalue weighted by Gasteiger charge is 2.11. The Labute approximate surface area is 93.0 Å². The zero-order valence-corrected chi connectivity index (χ0v) is 10.1. The molecule has 0 aromatic heterocycles. The van der Waals surface area contributed by atoms with E-state index in [2.05, 4.69) is 15.9 Å². The van der Waals surface area contributed by atoms with Gasteiger partial charge in [0.15, 0.2) is 0 Å². The summed E-state index contributed by atoms with van der Waals surface area (Å²) in [6.07, 6.45) is 0.802. The van der Waals surface area contributed by atoms with E-state index in [1.807, 2.05) is 0 Å². The largest absolute Gasteiger partial charge is 0.390 e. The van der Waals surface area contributed by atoms with Crippen LogP contribution in [0.15, 0.2) is 11.1 Å². The van der Waals surface area contributed by atoms with Crippen LogP contribution in [0.3, 0.4) is 0 Å². The molecule has 0 aromatic carbocycles. The molecule has 0 saturated carbocycles. The summed E-state index contributed by atoms with van der Waals surface area (Å²) >= 11 is 3.12. The van der Waals surface area contributed by atoms with Gasteiger partial charge in [0.25, 0.3) is 0 Å². The van der Waals surface area contributed by atoms with Gasteiger partial charge in [0.1, 0.15) is 12.9 Å². The van der Waals surface area contributed by atoms with Crippen LogP contribution in [0.2, 0.25) is 0 Å². The topological polar surface area (TPSA) is 47.9 Å². The third-order valence-electron chi connectivity index (χ3n) is 1.51. The lowest BCUT2D eigenvalue weighted by atomic mass is 10.2. The monoisotopic (exact) mass is 268 g/mol. The van der Waals surface area contributed by atoms with Crippen molar-refractivity contribution in [2.75, 3.05) is 27.1 Å². The molecule has 5 heteroatoms. The molecule has 0 bridgehead atoms. The first-order valence-corrected chi connectivity index (χ1v) is 5.27. The van der Waals surface area contributed by atoms with Gasteiger partial charge in [-0.3, -0.25) is 0 Å². The van der Waals surface area contributed by atoms with Gasteiger partial charge in [-0.25, -0.2) is 0 Å². The molecular formula is C9H17BrO4. The molecule has 0 aromatic rings. The fourth-order valence-electron chi connectivity index (χ4n) is 0.755. The van der Waals surface area contributed by atoms with Crippen molar-refractivity contribution < 1.29 is 19.3 Å². The molecule has 0 aliphatic heterocycles. The van der Waals surface area contributed by atoms with Crippen molar-refractivity contribution in [1.29, 1.82) is 0 Å². The molecule has 0 amide bonds. The fourth-order valence-corrected chi connectivity index (χ4v) is 1.06. The van der Waals surface area contributed by atoms with Gasteiger partial charge in [-0.2, -0.15) is 0 Å². The van der Waals surface area contributed by atoms with Gasteiger partial charge in [0, 0.05) is 7.11 Å². The maximum absolute atomic E-state index is 9.27. The quantitative estimate of drug-likeness (QED) is 0.532. The van der Waals surface area contributed by atoms with Crippen LogP contribution in [-0.4, -0.2) is 44.4 Å². The molecule has 0 spiro atoms. The minimum Gasteiger partial charge on any atom is -0.390 e. The van der Waals surface area contributed by atoms with Crippen LogP contribution >= 0.6 is 15.9 Å². The lowest BCUT2D eigenvalue weighted by molar-refractivity contribution is -0.110. The zero-order valence-electron chi connectivity index (χ0n) is 8.48. The molecule has 0 fully saturated rings. The van der Waals surface area contributed by atoms with Gasteiger partial charge in [0.2, 0.25) is 0 Å². The molecule has 14 heavy (non-hydrogen) atoms. The van der Waals surface area contributed by atoms with Gasteiger partial charge >= 0.3 is 0 Å². The number of halogens is 1. The Balaban J connectivity index is 3.51. The SMILES string of the molecule is COCCOCO[C@H](/C=C/Br)[C@H](C)O. The van der Waals surface area contributed by atoms with E-state index >= 15 is 0 Å². The molecule has 0 aliphatic rings. The number of aliphatic hydroxyl groups excluding tert-OH is 1. The number of methoxy groups -OCH3 is 1. The molecule has 0 heterocycles. The molecule has 0 radical (unpaired) electrons. The number of hydrogen-bond acceptors (Lipinski definition) is 4. The summed E-state index contributed by atoms with van der Waals surface area (Å²) in [5.41, 5.74) is 0. The van der Waals surface area contributed by atoms with E-state index in [0.29, 0.717) is 13.2 Å². The van der Waals surface area contributed by atoms with Gasteiger partial charge in [-0.15, -0.1) is 0 Å². The Kier molecular flexibility index (Phi) is 9.65. The fraction of sp³-hybridized carbons (Fsp3) is 0.778. The Morgan fingerprint density at radius 1 is 1.43 bits per heavy atom. The lowest BCUT2D eigenvalue weighted by Gasteiger charge is -2.16. The molecule has 1 N–H and O–H groups in total. The van der Waals surface area contributed by atoms with E-state index in [9.17, 15) is 5.11 Å². The van der Waals surface area contributed by atoms with Crippen LogP contribution in [-0.2, 0) is 14.2 Å². The van der Waals surface area contributed by atoms with Gasteiger partial charge in [-0.05, 0) is 18.0 Å². The first-order chi connectivity index (χ1) is 6.72. The van der Waals surface area contributed by atoms with E-state index < -0.39 is 6.10 Å². The van der Waals surface area contributed by atoms with Crippen LogP contribution in [0.4, 0.5) is 0 Å². The maximum Gasteiger partial charge on any atom is 0.147 e. The normalized spacial score (nSPS) is 16.0. The van der Waals surface area contributed by atoms with Crippen LogP contribution in [0.25, 0.3) is 0 Å². The highest BCUT2D eigenvalue weighted by atomic mass is 79.9. The summed E-state index contributed by atoms with van der Waals surface area (Å²) in [5.74, 6) is 0. The van der Waals surface area contributed by atoms with Crippen LogP contribution < -0.4 is 0 Å². The van der Waals surface area contributed by atoms with Crippen molar-refractivity contribution >= 4 is 15.9 Å². The summed E-state index contributed by atoms with van der Waals surface area (Å²) in [6.45, 7) is 2.83. The minimum absolute atomic E-state index is 0.149. The van der Waals surface area contributed by atoms with Crippen LogP contribution in [0.1, 0.15) is 6.92 Å². The van der Waals surface area contributed by atoms with Crippen molar-refractivity contribution in [3.8, 4) is 0 Å². The van der Waals surface area contributed by atoms with Crippen LogP contribution in [0.5, 0.6) is 0 Å². The predicted molar refractivity (Wildman–Crippen MR) is 57.3 cm³/mol. The second-order valence-corrected chi connectivity index (χ2v) is 3.24. The highest BCUT2D eigenvalue weighted by Crippen LogP contribution is 2.03. The standard InChI is InChI=1S/C9H17BrO4/c1-8(11)9(3-4-10)14-7-13-6-5-12-2/h3-4,8-9,11H,5-7H2,1-2H3/b4-3+/t8-,9+/m0/s1. The Hall–Kier alpha value is 0.0600. The van der Waals surface area contributed by atoms with Crippen molar-refractivity contribution in [2.45, 2.75) is 19.1 Å². The molecule has 0 unspecified atom stereocenters. The summed E-state index contributed by atoms with van der Waals surface area (Å²) < 4.78 is 15.1. The number of aliphatic hydroxyl groups is 1. The molecule has 2 atom stereocenters. The second kappa shape index (κ2) is 9.61. The van der Waals surface area contributed by atoms with Crippen molar-refractivity contribution in [3.05, 3.63) is 11.1 Å². The second-order valence-electron chi connectivity index (χ2n) is 2.71. The van der Waals surface area contributed by atoms with E-state index in [1.54, 1.807) is 25.1 Å². The third-order valence-corrected chi connectivity index (χ3v) is 1.82. The average Bonchev–Trinajstić information content (AvgIpc) is 2.15. The van der Waals surface area contributed by atoms with Crippen LogP contribution in [0, 0.1) is 0 Å². The molecule has 4 nitrogen and oxygen atoms in total. The minimum atomic E-state index is -0.560. The molecule has 0 rings (SSSR count). The Morgan fingerprint density at radius 2 is 2.14 bits per heavy atom. The zero-order chi connectivity index (χ0) is 10.8. The Morgan fingerprint density at radius 3 is 2.64 bits per heavy atom. The molecule has 0 saturated heterocycles. The van der Waals surface area contributed by atoms with Gasteiger partial charge < -0.3 is 19.3 Å². The van der Waals surface area contributed by atoms with E-state index in [1.165, 1.54) is 0 Å². The van der Waals surface area contributed by atoms with Gasteiger partial charge in [0.05, 0.1) is 19.3 Å². The van der Waals surface area contributed by atoms with Crippen molar-refractivity contribution in [2.24, 2.45) is 0 Å². The summed E-state index contributed by atoms with van der Waals surface area (Å²) in [4.78, 5) is 1.65. The molecule has 84 valence electrons. The Bertz CT molecular complexity index is 150. The maximum atomic E-state index is 9.27. The number of rotatable bonds is 8.